The maximum atomic E-state index is 12.8. The van der Waals surface area contributed by atoms with E-state index in [0.29, 0.717) is 25.1 Å². The Balaban J connectivity index is 1.80. The van der Waals surface area contributed by atoms with Gasteiger partial charge in [-0.3, -0.25) is 9.48 Å². The molecule has 0 spiro atoms. The van der Waals surface area contributed by atoms with E-state index < -0.39 is 5.97 Å². The Bertz CT molecular complexity index is 642. The van der Waals surface area contributed by atoms with Gasteiger partial charge in [-0.2, -0.15) is 5.10 Å². The molecule has 0 aromatic carbocycles. The van der Waals surface area contributed by atoms with Gasteiger partial charge in [0.1, 0.15) is 0 Å². The molecule has 0 radical (unpaired) electrons. The molecule has 1 aromatic heterocycles. The van der Waals surface area contributed by atoms with Gasteiger partial charge in [0.2, 0.25) is 5.91 Å². The van der Waals surface area contributed by atoms with E-state index in [1.165, 1.54) is 0 Å². The minimum absolute atomic E-state index is 0.00304. The van der Waals surface area contributed by atoms with E-state index in [0.717, 1.165) is 31.6 Å². The standard InChI is InChI=1S/C16H24N4O4/c1-18-5-2-3-11(9-18)15(22)19-6-4-13-12(10-19)14(16(23)24)17-20(13)7-8-21/h11,21H,2-10H2,1H3,(H,23,24)/t11-/m1/s1. The molecule has 0 unspecified atom stereocenters. The first-order valence-electron chi connectivity index (χ1n) is 8.41. The number of carboxylic acids is 1. The molecule has 2 N–H and O–H groups in total. The van der Waals surface area contributed by atoms with Crippen molar-refractivity contribution in [2.45, 2.75) is 32.4 Å². The predicted octanol–water partition coefficient (Wildman–Crippen LogP) is -0.200. The maximum absolute atomic E-state index is 12.8. The van der Waals surface area contributed by atoms with Gasteiger partial charge in [0.15, 0.2) is 5.69 Å². The second kappa shape index (κ2) is 6.90. The Labute approximate surface area is 140 Å². The van der Waals surface area contributed by atoms with Gasteiger partial charge >= 0.3 is 5.97 Å². The van der Waals surface area contributed by atoms with Crippen LogP contribution in [0.1, 0.15) is 34.6 Å². The number of carboxylic acid groups (broad SMARTS) is 1. The van der Waals surface area contributed by atoms with Gasteiger partial charge in [-0.05, 0) is 26.4 Å². The number of hydrogen-bond acceptors (Lipinski definition) is 5. The molecule has 2 aliphatic heterocycles. The summed E-state index contributed by atoms with van der Waals surface area (Å²) in [6, 6.07) is 0. The van der Waals surface area contributed by atoms with E-state index in [1.54, 1.807) is 9.58 Å². The quantitative estimate of drug-likeness (QED) is 0.790. The summed E-state index contributed by atoms with van der Waals surface area (Å²) < 4.78 is 1.56. The van der Waals surface area contributed by atoms with E-state index in [4.69, 9.17) is 5.11 Å². The van der Waals surface area contributed by atoms with Crippen LogP contribution in [0.5, 0.6) is 0 Å². The fourth-order valence-electron chi connectivity index (χ4n) is 3.76. The fraction of sp³-hybridized carbons (Fsp3) is 0.688. The molecule has 132 valence electrons. The number of likely N-dealkylation sites (tertiary alicyclic amines) is 1. The van der Waals surface area contributed by atoms with Crippen molar-refractivity contribution in [1.82, 2.24) is 19.6 Å². The zero-order valence-electron chi connectivity index (χ0n) is 13.9. The monoisotopic (exact) mass is 336 g/mol. The Morgan fingerprint density at radius 2 is 2.12 bits per heavy atom. The summed E-state index contributed by atoms with van der Waals surface area (Å²) in [5.74, 6) is -0.987. The molecular weight excluding hydrogens is 312 g/mol. The zero-order chi connectivity index (χ0) is 17.3. The normalized spacial score (nSPS) is 21.6. The van der Waals surface area contributed by atoms with Crippen LogP contribution >= 0.6 is 0 Å². The van der Waals surface area contributed by atoms with E-state index in [1.807, 2.05) is 7.05 Å². The molecule has 1 atom stereocenters. The third-order valence-electron chi connectivity index (χ3n) is 4.93. The summed E-state index contributed by atoms with van der Waals surface area (Å²) in [6.07, 6.45) is 2.48. The van der Waals surface area contributed by atoms with E-state index in [2.05, 4.69) is 10.00 Å². The third kappa shape index (κ3) is 3.16. The molecule has 1 saturated heterocycles. The number of carbonyl (C=O) groups excluding carboxylic acids is 1. The first-order chi connectivity index (χ1) is 11.5. The number of rotatable bonds is 4. The zero-order valence-corrected chi connectivity index (χ0v) is 13.9. The number of hydrogen-bond donors (Lipinski definition) is 2. The second-order valence-electron chi connectivity index (χ2n) is 6.64. The van der Waals surface area contributed by atoms with Gasteiger partial charge in [-0.25, -0.2) is 4.79 Å². The summed E-state index contributed by atoms with van der Waals surface area (Å²) >= 11 is 0. The van der Waals surface area contributed by atoms with E-state index in [9.17, 15) is 14.7 Å². The van der Waals surface area contributed by atoms with Crippen molar-refractivity contribution >= 4 is 11.9 Å². The van der Waals surface area contributed by atoms with Crippen molar-refractivity contribution in [3.63, 3.8) is 0 Å². The van der Waals surface area contributed by atoms with Crippen LogP contribution in [0.25, 0.3) is 0 Å². The van der Waals surface area contributed by atoms with Gasteiger partial charge in [0, 0.05) is 37.3 Å². The van der Waals surface area contributed by atoms with Crippen LogP contribution in [0.15, 0.2) is 0 Å². The Hall–Kier alpha value is -1.93. The number of carbonyl (C=O) groups is 2. The largest absolute Gasteiger partial charge is 0.476 e. The lowest BCUT2D eigenvalue weighted by Gasteiger charge is -2.35. The first kappa shape index (κ1) is 16.9. The molecule has 8 nitrogen and oxygen atoms in total. The second-order valence-corrected chi connectivity index (χ2v) is 6.64. The average molecular weight is 336 g/mol. The van der Waals surface area contributed by atoms with Crippen LogP contribution in [0.4, 0.5) is 0 Å². The molecule has 0 aliphatic carbocycles. The highest BCUT2D eigenvalue weighted by atomic mass is 16.4. The summed E-state index contributed by atoms with van der Waals surface area (Å²) in [7, 11) is 2.02. The minimum Gasteiger partial charge on any atom is -0.476 e. The predicted molar refractivity (Wildman–Crippen MR) is 85.6 cm³/mol. The SMILES string of the molecule is CN1CCC[C@@H](C(=O)N2CCc3c(c(C(=O)O)nn3CCO)C2)C1. The number of aromatic nitrogens is 2. The van der Waals surface area contributed by atoms with Gasteiger partial charge in [-0.15, -0.1) is 0 Å². The van der Waals surface area contributed by atoms with E-state index >= 15 is 0 Å². The topological polar surface area (TPSA) is 98.9 Å². The number of fused-ring (bicyclic) bond motifs is 1. The lowest BCUT2D eigenvalue weighted by atomic mass is 9.95. The molecule has 1 fully saturated rings. The highest BCUT2D eigenvalue weighted by Gasteiger charge is 2.33. The number of piperidine rings is 1. The number of aromatic carboxylic acids is 1. The minimum atomic E-state index is -1.09. The molecule has 24 heavy (non-hydrogen) atoms. The van der Waals surface area contributed by atoms with Crippen molar-refractivity contribution in [3.8, 4) is 0 Å². The number of aliphatic hydroxyl groups excluding tert-OH is 1. The molecule has 3 rings (SSSR count). The van der Waals surface area contributed by atoms with Crippen molar-refractivity contribution in [3.05, 3.63) is 17.0 Å². The Morgan fingerprint density at radius 3 is 2.79 bits per heavy atom. The smallest absolute Gasteiger partial charge is 0.356 e. The number of amides is 1. The Morgan fingerprint density at radius 1 is 1.33 bits per heavy atom. The van der Waals surface area contributed by atoms with Crippen molar-refractivity contribution in [2.75, 3.05) is 33.3 Å². The summed E-state index contributed by atoms with van der Waals surface area (Å²) in [5.41, 5.74) is 1.43. The average Bonchev–Trinajstić information content (AvgIpc) is 2.93. The summed E-state index contributed by atoms with van der Waals surface area (Å²) in [4.78, 5) is 28.2. The summed E-state index contributed by atoms with van der Waals surface area (Å²) in [5, 5.41) is 22.6. The van der Waals surface area contributed by atoms with Crippen LogP contribution in [0.3, 0.4) is 0 Å². The number of aliphatic hydroxyl groups is 1. The highest BCUT2D eigenvalue weighted by Crippen LogP contribution is 2.26. The van der Waals surface area contributed by atoms with Crippen LogP contribution < -0.4 is 0 Å². The third-order valence-corrected chi connectivity index (χ3v) is 4.93. The highest BCUT2D eigenvalue weighted by molar-refractivity contribution is 5.88. The number of nitrogens with zero attached hydrogens (tertiary/aromatic N) is 4. The van der Waals surface area contributed by atoms with Crippen LogP contribution in [0, 0.1) is 5.92 Å². The van der Waals surface area contributed by atoms with Crippen molar-refractivity contribution in [1.29, 1.82) is 0 Å². The van der Waals surface area contributed by atoms with Gasteiger partial charge in [-0.1, -0.05) is 0 Å². The lowest BCUT2D eigenvalue weighted by Crippen LogP contribution is -2.45. The van der Waals surface area contributed by atoms with Crippen LogP contribution in [-0.4, -0.2) is 75.0 Å². The molecule has 8 heteroatoms. The molecule has 3 heterocycles. The lowest BCUT2D eigenvalue weighted by molar-refractivity contribution is -0.138. The van der Waals surface area contributed by atoms with Gasteiger partial charge in [0.05, 0.1) is 19.1 Å². The maximum Gasteiger partial charge on any atom is 0.356 e. The first-order valence-corrected chi connectivity index (χ1v) is 8.41. The van der Waals surface area contributed by atoms with Crippen molar-refractivity contribution in [2.24, 2.45) is 5.92 Å². The summed E-state index contributed by atoms with van der Waals surface area (Å²) in [6.45, 7) is 2.83. The van der Waals surface area contributed by atoms with E-state index in [-0.39, 0.29) is 30.7 Å². The van der Waals surface area contributed by atoms with Crippen LogP contribution in [-0.2, 0) is 24.3 Å². The fourth-order valence-corrected chi connectivity index (χ4v) is 3.76. The van der Waals surface area contributed by atoms with Crippen LogP contribution in [0.2, 0.25) is 0 Å². The molecule has 1 amide bonds. The van der Waals surface area contributed by atoms with Crippen molar-refractivity contribution < 1.29 is 19.8 Å². The van der Waals surface area contributed by atoms with Gasteiger partial charge in [0.25, 0.3) is 0 Å². The molecule has 2 aliphatic rings. The Kier molecular flexibility index (Phi) is 4.86. The molecule has 1 aromatic rings. The molecule has 0 saturated carbocycles. The van der Waals surface area contributed by atoms with Gasteiger partial charge < -0.3 is 20.0 Å². The molecule has 0 bridgehead atoms. The molecular formula is C16H24N4O4.